The SMILES string of the molecule is CCC[C@@H]1CCCN(C(=O)c2ccc[nH]c2=S)CC1. The van der Waals surface area contributed by atoms with Gasteiger partial charge in [0.15, 0.2) is 0 Å². The first-order valence-electron chi connectivity index (χ1n) is 7.19. The van der Waals surface area contributed by atoms with E-state index in [9.17, 15) is 4.79 Å². The van der Waals surface area contributed by atoms with Gasteiger partial charge >= 0.3 is 0 Å². The topological polar surface area (TPSA) is 36.1 Å². The lowest BCUT2D eigenvalue weighted by Gasteiger charge is -2.20. The number of pyridine rings is 1. The third-order valence-corrected chi connectivity index (χ3v) is 4.22. The first-order valence-corrected chi connectivity index (χ1v) is 7.60. The molecule has 0 bridgehead atoms. The highest BCUT2D eigenvalue weighted by Gasteiger charge is 2.21. The monoisotopic (exact) mass is 278 g/mol. The molecule has 0 aliphatic carbocycles. The van der Waals surface area contributed by atoms with E-state index in [4.69, 9.17) is 12.2 Å². The molecule has 2 rings (SSSR count). The van der Waals surface area contributed by atoms with Crippen LogP contribution in [0.5, 0.6) is 0 Å². The van der Waals surface area contributed by atoms with Crippen molar-refractivity contribution in [2.24, 2.45) is 5.92 Å². The first-order chi connectivity index (χ1) is 9.22. The molecule has 0 spiro atoms. The normalized spacial score (nSPS) is 20.1. The predicted octanol–water partition coefficient (Wildman–Crippen LogP) is 3.79. The standard InChI is InChI=1S/C15H22N2OS/c1-2-5-12-6-4-10-17(11-8-12)15(18)13-7-3-9-16-14(13)19/h3,7,9,12H,2,4-6,8,10-11H2,1H3,(H,16,19)/t12-/m1/s1. The summed E-state index contributed by atoms with van der Waals surface area (Å²) >= 11 is 5.19. The van der Waals surface area contributed by atoms with Crippen molar-refractivity contribution < 1.29 is 4.79 Å². The summed E-state index contributed by atoms with van der Waals surface area (Å²) in [5.41, 5.74) is 0.631. The van der Waals surface area contributed by atoms with Crippen LogP contribution in [0.25, 0.3) is 0 Å². The maximum atomic E-state index is 12.5. The van der Waals surface area contributed by atoms with Crippen LogP contribution in [-0.4, -0.2) is 28.9 Å². The van der Waals surface area contributed by atoms with E-state index in [0.29, 0.717) is 10.2 Å². The van der Waals surface area contributed by atoms with Crippen LogP contribution in [0, 0.1) is 10.6 Å². The summed E-state index contributed by atoms with van der Waals surface area (Å²) in [6.07, 6.45) is 7.77. The summed E-state index contributed by atoms with van der Waals surface area (Å²) in [7, 11) is 0. The number of hydrogen-bond donors (Lipinski definition) is 1. The van der Waals surface area contributed by atoms with Gasteiger partial charge in [-0.05, 0) is 37.3 Å². The van der Waals surface area contributed by atoms with Crippen molar-refractivity contribution in [3.05, 3.63) is 28.5 Å². The molecule has 1 fully saturated rings. The highest BCUT2D eigenvalue weighted by molar-refractivity contribution is 7.71. The Hall–Kier alpha value is -1.16. The van der Waals surface area contributed by atoms with Gasteiger partial charge in [0.25, 0.3) is 5.91 Å². The van der Waals surface area contributed by atoms with Crippen molar-refractivity contribution in [2.45, 2.75) is 39.0 Å². The van der Waals surface area contributed by atoms with Crippen LogP contribution in [0.2, 0.25) is 0 Å². The number of aromatic amines is 1. The molecule has 4 heteroatoms. The van der Waals surface area contributed by atoms with E-state index in [0.717, 1.165) is 31.8 Å². The fraction of sp³-hybridized carbons (Fsp3) is 0.600. The third kappa shape index (κ3) is 3.66. The molecule has 0 aromatic carbocycles. The average Bonchev–Trinajstić information content (AvgIpc) is 2.65. The lowest BCUT2D eigenvalue weighted by molar-refractivity contribution is 0.0759. The lowest BCUT2D eigenvalue weighted by Crippen LogP contribution is -2.32. The Morgan fingerprint density at radius 3 is 3.05 bits per heavy atom. The van der Waals surface area contributed by atoms with Crippen molar-refractivity contribution in [1.29, 1.82) is 0 Å². The number of carbonyl (C=O) groups excluding carboxylic acids is 1. The number of hydrogen-bond acceptors (Lipinski definition) is 2. The number of nitrogens with one attached hydrogen (secondary N) is 1. The summed E-state index contributed by atoms with van der Waals surface area (Å²) in [5.74, 6) is 0.868. The van der Waals surface area contributed by atoms with Gasteiger partial charge in [0.1, 0.15) is 4.64 Å². The molecular weight excluding hydrogens is 256 g/mol. The molecule has 19 heavy (non-hydrogen) atoms. The van der Waals surface area contributed by atoms with Crippen molar-refractivity contribution in [1.82, 2.24) is 9.88 Å². The third-order valence-electron chi connectivity index (χ3n) is 3.88. The number of H-pyrrole nitrogens is 1. The van der Waals surface area contributed by atoms with Crippen molar-refractivity contribution >= 4 is 18.1 Å². The van der Waals surface area contributed by atoms with E-state index in [2.05, 4.69) is 11.9 Å². The molecule has 1 N–H and O–H groups in total. The molecule has 1 aromatic heterocycles. The highest BCUT2D eigenvalue weighted by Crippen LogP contribution is 2.22. The summed E-state index contributed by atoms with van der Waals surface area (Å²) in [6, 6.07) is 3.65. The summed E-state index contributed by atoms with van der Waals surface area (Å²) in [5, 5.41) is 0. The van der Waals surface area contributed by atoms with E-state index >= 15 is 0 Å². The van der Waals surface area contributed by atoms with Gasteiger partial charge in [0.05, 0.1) is 5.56 Å². The lowest BCUT2D eigenvalue weighted by atomic mass is 9.96. The largest absolute Gasteiger partial charge is 0.352 e. The van der Waals surface area contributed by atoms with Gasteiger partial charge in [0, 0.05) is 19.3 Å². The molecule has 3 nitrogen and oxygen atoms in total. The molecule has 2 heterocycles. The number of rotatable bonds is 3. The Balaban J connectivity index is 2.04. The molecular formula is C15H22N2OS. The minimum Gasteiger partial charge on any atom is -0.352 e. The predicted molar refractivity (Wildman–Crippen MR) is 79.8 cm³/mol. The van der Waals surface area contributed by atoms with E-state index in [-0.39, 0.29) is 5.91 Å². The smallest absolute Gasteiger partial charge is 0.256 e. The minimum atomic E-state index is 0.0824. The molecule has 1 aliphatic heterocycles. The summed E-state index contributed by atoms with van der Waals surface area (Å²) in [4.78, 5) is 17.4. The highest BCUT2D eigenvalue weighted by atomic mass is 32.1. The maximum absolute atomic E-state index is 12.5. The van der Waals surface area contributed by atoms with Crippen LogP contribution in [0.4, 0.5) is 0 Å². The summed E-state index contributed by atoms with van der Waals surface area (Å²) < 4.78 is 0.543. The second-order valence-electron chi connectivity index (χ2n) is 5.29. The molecule has 0 unspecified atom stereocenters. The quantitative estimate of drug-likeness (QED) is 0.854. The van der Waals surface area contributed by atoms with Crippen LogP contribution in [0.1, 0.15) is 49.4 Å². The second kappa shape index (κ2) is 6.85. The molecule has 1 aliphatic rings. The molecule has 0 radical (unpaired) electrons. The van der Waals surface area contributed by atoms with Crippen LogP contribution in [-0.2, 0) is 0 Å². The van der Waals surface area contributed by atoms with E-state index in [1.165, 1.54) is 19.3 Å². The first kappa shape index (κ1) is 14.3. The van der Waals surface area contributed by atoms with E-state index in [1.807, 2.05) is 17.0 Å². The number of likely N-dealkylation sites (tertiary alicyclic amines) is 1. The molecule has 104 valence electrons. The van der Waals surface area contributed by atoms with Gasteiger partial charge in [-0.15, -0.1) is 0 Å². The Labute approximate surface area is 120 Å². The number of carbonyl (C=O) groups is 1. The van der Waals surface area contributed by atoms with Crippen LogP contribution < -0.4 is 0 Å². The minimum absolute atomic E-state index is 0.0824. The molecule has 1 amide bonds. The van der Waals surface area contributed by atoms with Gasteiger partial charge in [-0.25, -0.2) is 0 Å². The Morgan fingerprint density at radius 1 is 1.47 bits per heavy atom. The zero-order chi connectivity index (χ0) is 13.7. The zero-order valence-corrected chi connectivity index (χ0v) is 12.3. The Kier molecular flexibility index (Phi) is 5.14. The second-order valence-corrected chi connectivity index (χ2v) is 5.70. The van der Waals surface area contributed by atoms with Crippen LogP contribution >= 0.6 is 12.2 Å². The van der Waals surface area contributed by atoms with Crippen LogP contribution in [0.3, 0.4) is 0 Å². The van der Waals surface area contributed by atoms with Crippen molar-refractivity contribution in [3.63, 3.8) is 0 Å². The van der Waals surface area contributed by atoms with E-state index < -0.39 is 0 Å². The van der Waals surface area contributed by atoms with Crippen molar-refractivity contribution in [3.8, 4) is 0 Å². The van der Waals surface area contributed by atoms with Gasteiger partial charge in [-0.1, -0.05) is 32.0 Å². The van der Waals surface area contributed by atoms with Gasteiger partial charge < -0.3 is 9.88 Å². The van der Waals surface area contributed by atoms with Crippen molar-refractivity contribution in [2.75, 3.05) is 13.1 Å². The number of nitrogens with zero attached hydrogens (tertiary/aromatic N) is 1. The zero-order valence-electron chi connectivity index (χ0n) is 11.5. The number of aromatic nitrogens is 1. The number of amides is 1. The van der Waals surface area contributed by atoms with Gasteiger partial charge in [-0.3, -0.25) is 4.79 Å². The molecule has 1 aromatic rings. The average molecular weight is 278 g/mol. The fourth-order valence-corrected chi connectivity index (χ4v) is 3.05. The maximum Gasteiger partial charge on any atom is 0.256 e. The fourth-order valence-electron chi connectivity index (χ4n) is 2.83. The summed E-state index contributed by atoms with van der Waals surface area (Å²) in [6.45, 7) is 3.97. The van der Waals surface area contributed by atoms with E-state index in [1.54, 1.807) is 6.20 Å². The van der Waals surface area contributed by atoms with Gasteiger partial charge in [0.2, 0.25) is 0 Å². The molecule has 1 saturated heterocycles. The molecule has 0 saturated carbocycles. The Bertz CT molecular complexity index is 483. The van der Waals surface area contributed by atoms with Crippen LogP contribution in [0.15, 0.2) is 18.3 Å². The Morgan fingerprint density at radius 2 is 2.32 bits per heavy atom. The molecule has 1 atom stereocenters. The van der Waals surface area contributed by atoms with Gasteiger partial charge in [-0.2, -0.15) is 0 Å².